The normalized spacial score (nSPS) is 12.9. The summed E-state index contributed by atoms with van der Waals surface area (Å²) in [6.45, 7) is 19.7. The predicted molar refractivity (Wildman–Crippen MR) is 154 cm³/mol. The van der Waals surface area contributed by atoms with E-state index in [9.17, 15) is 4.39 Å². The van der Waals surface area contributed by atoms with E-state index in [2.05, 4.69) is 60.0 Å². The molecule has 0 bridgehead atoms. The molecule has 1 N–H and O–H groups in total. The van der Waals surface area contributed by atoms with Gasteiger partial charge >= 0.3 is 0 Å². The van der Waals surface area contributed by atoms with Gasteiger partial charge in [-0.3, -0.25) is 4.79 Å². The molecule has 0 saturated carbocycles. The Bertz CT molecular complexity index is 871. The van der Waals surface area contributed by atoms with Crippen LogP contribution in [0.1, 0.15) is 85.4 Å². The van der Waals surface area contributed by atoms with Crippen molar-refractivity contribution in [3.05, 3.63) is 47.9 Å². The first-order valence-corrected chi connectivity index (χ1v) is 14.2. The Morgan fingerprint density at radius 2 is 1.78 bits per heavy atom. The Balaban J connectivity index is 0.000000633. The summed E-state index contributed by atoms with van der Waals surface area (Å²) in [4.78, 5) is 13.9. The zero-order valence-electron chi connectivity index (χ0n) is 23.8. The van der Waals surface area contributed by atoms with Crippen LogP contribution < -0.4 is 4.74 Å². The van der Waals surface area contributed by atoms with Crippen molar-refractivity contribution in [3.63, 3.8) is 0 Å². The van der Waals surface area contributed by atoms with Gasteiger partial charge in [0.15, 0.2) is 0 Å². The van der Waals surface area contributed by atoms with E-state index in [1.807, 2.05) is 18.3 Å². The summed E-state index contributed by atoms with van der Waals surface area (Å²) >= 11 is 1.58. The lowest BCUT2D eigenvalue weighted by molar-refractivity contribution is -0.122. The van der Waals surface area contributed by atoms with Crippen LogP contribution in [0.2, 0.25) is 0 Å². The maximum Gasteiger partial charge on any atom is 0.290 e. The number of para-hydroxylation sites is 1. The summed E-state index contributed by atoms with van der Waals surface area (Å²) in [6.07, 6.45) is 9.45. The van der Waals surface area contributed by atoms with Gasteiger partial charge in [0.25, 0.3) is 12.5 Å². The van der Waals surface area contributed by atoms with E-state index in [0.29, 0.717) is 11.9 Å². The number of ether oxygens (including phenoxy) is 2. The number of rotatable bonds is 14. The van der Waals surface area contributed by atoms with Crippen LogP contribution in [0.5, 0.6) is 5.75 Å². The van der Waals surface area contributed by atoms with E-state index in [0.717, 1.165) is 54.2 Å². The average Bonchev–Trinajstić information content (AvgIpc) is 3.35. The highest BCUT2D eigenvalue weighted by Crippen LogP contribution is 2.34. The summed E-state index contributed by atoms with van der Waals surface area (Å²) in [6, 6.07) is 6.40. The molecule has 2 rings (SSSR count). The second-order valence-corrected chi connectivity index (χ2v) is 10.5. The third kappa shape index (κ3) is 14.9. The van der Waals surface area contributed by atoms with Crippen molar-refractivity contribution in [2.24, 2.45) is 17.8 Å². The second kappa shape index (κ2) is 20.8. The summed E-state index contributed by atoms with van der Waals surface area (Å²) in [5, 5.41) is 7.72. The molecule has 0 saturated heterocycles. The second-order valence-electron chi connectivity index (χ2n) is 9.43. The molecule has 3 atom stereocenters. The lowest BCUT2D eigenvalue weighted by Crippen LogP contribution is -2.22. The first-order valence-electron chi connectivity index (χ1n) is 13.4. The Kier molecular flexibility index (Phi) is 19.5. The minimum absolute atomic E-state index is 0.250. The minimum Gasteiger partial charge on any atom is -0.483 e. The zero-order chi connectivity index (χ0) is 28.2. The fourth-order valence-electron chi connectivity index (χ4n) is 3.75. The van der Waals surface area contributed by atoms with Crippen molar-refractivity contribution in [3.8, 4) is 16.3 Å². The summed E-state index contributed by atoms with van der Waals surface area (Å²) in [7, 11) is 0. The molecule has 7 heteroatoms. The Hall–Kier alpha value is -2.25. The zero-order valence-corrected chi connectivity index (χ0v) is 24.7. The number of nitrogens with zero attached hydrogens (tertiary/aromatic N) is 1. The molecule has 1 heterocycles. The molecule has 0 amide bonds. The molecule has 0 spiro atoms. The van der Waals surface area contributed by atoms with E-state index in [1.54, 1.807) is 23.5 Å². The van der Waals surface area contributed by atoms with E-state index in [4.69, 9.17) is 19.4 Å². The monoisotopic (exact) mass is 537 g/mol. The van der Waals surface area contributed by atoms with Gasteiger partial charge in [0.1, 0.15) is 10.8 Å². The van der Waals surface area contributed by atoms with Gasteiger partial charge in [-0.25, -0.2) is 4.98 Å². The lowest BCUT2D eigenvalue weighted by Gasteiger charge is -2.28. The van der Waals surface area contributed by atoms with Crippen molar-refractivity contribution in [1.29, 1.82) is 0 Å². The quantitative estimate of drug-likeness (QED) is 0.192. The number of carboxylic acid groups (broad SMARTS) is 1. The Morgan fingerprint density at radius 1 is 1.14 bits per heavy atom. The number of carbonyl (C=O) groups is 1. The van der Waals surface area contributed by atoms with Crippen LogP contribution in [0.15, 0.2) is 43.1 Å². The van der Waals surface area contributed by atoms with Crippen LogP contribution in [0.4, 0.5) is 4.39 Å². The van der Waals surface area contributed by atoms with Gasteiger partial charge in [-0.2, -0.15) is 4.39 Å². The van der Waals surface area contributed by atoms with Crippen LogP contribution in [-0.4, -0.2) is 29.3 Å². The SMILES string of the molecule is C=C(F)Oc1ccccc1-c1ncc(CC)s1.CCCOC(CC)CC(CC(C)CC)C(C)C.O=CO. The molecule has 0 aliphatic heterocycles. The van der Waals surface area contributed by atoms with Crippen molar-refractivity contribution < 1.29 is 23.8 Å². The van der Waals surface area contributed by atoms with Crippen molar-refractivity contribution >= 4 is 17.8 Å². The van der Waals surface area contributed by atoms with Crippen LogP contribution in [0.25, 0.3) is 10.6 Å². The molecule has 1 aromatic heterocycles. The van der Waals surface area contributed by atoms with Crippen LogP contribution in [-0.2, 0) is 16.0 Å². The average molecular weight is 538 g/mol. The predicted octanol–water partition coefficient (Wildman–Crippen LogP) is 9.18. The molecular formula is C30H48FNO4S. The highest BCUT2D eigenvalue weighted by atomic mass is 32.1. The molecule has 5 nitrogen and oxygen atoms in total. The van der Waals surface area contributed by atoms with Gasteiger partial charge in [-0.05, 0) is 68.6 Å². The lowest BCUT2D eigenvalue weighted by atomic mass is 9.82. The van der Waals surface area contributed by atoms with Crippen LogP contribution >= 0.6 is 11.3 Å². The number of thiazole rings is 1. The fourth-order valence-corrected chi connectivity index (χ4v) is 4.63. The summed E-state index contributed by atoms with van der Waals surface area (Å²) in [5.41, 5.74) is 0.788. The van der Waals surface area contributed by atoms with Crippen molar-refractivity contribution in [2.75, 3.05) is 6.61 Å². The maximum absolute atomic E-state index is 12.7. The third-order valence-electron chi connectivity index (χ3n) is 6.16. The van der Waals surface area contributed by atoms with E-state index < -0.39 is 6.01 Å². The topological polar surface area (TPSA) is 68.7 Å². The molecule has 210 valence electrons. The first-order chi connectivity index (χ1) is 17.7. The van der Waals surface area contributed by atoms with Gasteiger partial charge in [0.05, 0.1) is 11.7 Å². The third-order valence-corrected chi connectivity index (χ3v) is 7.34. The van der Waals surface area contributed by atoms with Crippen molar-refractivity contribution in [1.82, 2.24) is 4.98 Å². The van der Waals surface area contributed by atoms with E-state index in [-0.39, 0.29) is 6.47 Å². The number of hydrogen-bond acceptors (Lipinski definition) is 5. The van der Waals surface area contributed by atoms with Crippen molar-refractivity contribution in [2.45, 2.75) is 93.1 Å². The van der Waals surface area contributed by atoms with Crippen LogP contribution in [0.3, 0.4) is 0 Å². The number of halogens is 1. The number of aromatic nitrogens is 1. The highest BCUT2D eigenvalue weighted by Gasteiger charge is 2.20. The number of aryl methyl sites for hydroxylation is 1. The number of hydrogen-bond donors (Lipinski definition) is 1. The molecule has 0 fully saturated rings. The molecule has 0 aliphatic rings. The number of benzene rings is 1. The van der Waals surface area contributed by atoms with Gasteiger partial charge in [0, 0.05) is 17.7 Å². The minimum atomic E-state index is -0.815. The first kappa shape index (κ1) is 34.8. The van der Waals surface area contributed by atoms with Gasteiger partial charge in [-0.15, -0.1) is 11.3 Å². The molecular weight excluding hydrogens is 489 g/mol. The van der Waals surface area contributed by atoms with E-state index in [1.165, 1.54) is 24.1 Å². The van der Waals surface area contributed by atoms with E-state index >= 15 is 0 Å². The molecule has 1 aromatic carbocycles. The molecule has 0 radical (unpaired) electrons. The molecule has 37 heavy (non-hydrogen) atoms. The van der Waals surface area contributed by atoms with Gasteiger partial charge in [-0.1, -0.05) is 67.0 Å². The summed E-state index contributed by atoms with van der Waals surface area (Å²) in [5.74, 6) is 2.90. The standard InChI is InChI=1S/C16H34O.C13H12FNOS.CH2O2/c1-7-10-17-16(9-3)12-15(13(4)5)11-14(6)8-2;1-3-10-8-15-13(17-10)11-6-4-5-7-12(11)16-9(2)14;2-1-3/h13-16H,7-12H2,1-6H3;4-8H,2-3H2,1H3;1H,(H,2,3). The maximum atomic E-state index is 12.7. The van der Waals surface area contributed by atoms with Gasteiger partial charge < -0.3 is 14.6 Å². The molecule has 3 unspecified atom stereocenters. The largest absolute Gasteiger partial charge is 0.483 e. The smallest absolute Gasteiger partial charge is 0.290 e. The molecule has 2 aromatic rings. The summed E-state index contributed by atoms with van der Waals surface area (Å²) < 4.78 is 23.6. The Morgan fingerprint density at radius 3 is 2.27 bits per heavy atom. The highest BCUT2D eigenvalue weighted by molar-refractivity contribution is 7.15. The van der Waals surface area contributed by atoms with Gasteiger partial charge in [0.2, 0.25) is 0 Å². The molecule has 0 aliphatic carbocycles. The Labute approximate surface area is 228 Å². The van der Waals surface area contributed by atoms with Crippen LogP contribution in [0, 0.1) is 17.8 Å². The fraction of sp³-hybridized carbons (Fsp3) is 0.600.